The minimum Gasteiger partial charge on any atom is -0.462 e. The fraction of sp³-hybridized carbons (Fsp3) is 0.636. The van der Waals surface area contributed by atoms with Crippen LogP contribution in [0.2, 0.25) is 0 Å². The molecule has 4 N–H and O–H groups in total. The van der Waals surface area contributed by atoms with Crippen molar-refractivity contribution < 1.29 is 19.4 Å². The first-order valence-electron chi connectivity index (χ1n) is 5.93. The molecular formula is C11H19N3O4S. The van der Waals surface area contributed by atoms with Crippen LogP contribution in [-0.2, 0) is 9.47 Å². The Labute approximate surface area is 115 Å². The number of aliphatic hydroxyl groups excluding tert-OH is 1. The molecule has 0 radical (unpaired) electrons. The smallest absolute Gasteiger partial charge is 0.344 e. The summed E-state index contributed by atoms with van der Waals surface area (Å²) in [6.45, 7) is 2.76. The molecule has 108 valence electrons. The molecule has 0 saturated carbocycles. The van der Waals surface area contributed by atoms with Crippen molar-refractivity contribution in [2.75, 3.05) is 37.9 Å². The van der Waals surface area contributed by atoms with Gasteiger partial charge in [-0.15, -0.1) is 0 Å². The average molecular weight is 289 g/mol. The molecular weight excluding hydrogens is 270 g/mol. The summed E-state index contributed by atoms with van der Waals surface area (Å²) in [7, 11) is 1.53. The van der Waals surface area contributed by atoms with Crippen LogP contribution in [0.25, 0.3) is 0 Å². The Bertz CT molecular complexity index is 411. The van der Waals surface area contributed by atoms with Crippen molar-refractivity contribution in [2.45, 2.75) is 19.4 Å². The highest BCUT2D eigenvalue weighted by atomic mass is 32.1. The number of carbonyl (C=O) groups is 1. The van der Waals surface area contributed by atoms with Gasteiger partial charge in [0.1, 0.15) is 10.6 Å². The second-order valence-corrected chi connectivity index (χ2v) is 4.59. The molecule has 0 spiro atoms. The van der Waals surface area contributed by atoms with E-state index in [1.54, 1.807) is 6.92 Å². The Balaban J connectivity index is 2.56. The van der Waals surface area contributed by atoms with Gasteiger partial charge in [0, 0.05) is 13.7 Å². The topological polar surface area (TPSA) is 107 Å². The average Bonchev–Trinajstić information content (AvgIpc) is 2.71. The highest BCUT2D eigenvalue weighted by Gasteiger charge is 2.20. The third kappa shape index (κ3) is 4.66. The van der Waals surface area contributed by atoms with Crippen molar-refractivity contribution in [3.63, 3.8) is 0 Å². The van der Waals surface area contributed by atoms with Crippen molar-refractivity contribution >= 4 is 28.3 Å². The largest absolute Gasteiger partial charge is 0.462 e. The van der Waals surface area contributed by atoms with Crippen LogP contribution in [0, 0.1) is 0 Å². The molecule has 1 heterocycles. The van der Waals surface area contributed by atoms with Gasteiger partial charge in [0.2, 0.25) is 0 Å². The van der Waals surface area contributed by atoms with Crippen molar-refractivity contribution in [1.29, 1.82) is 0 Å². The van der Waals surface area contributed by atoms with Gasteiger partial charge in [-0.05, 0) is 24.9 Å². The molecule has 1 rings (SSSR count). The minimum atomic E-state index is -0.547. The zero-order chi connectivity index (χ0) is 14.3. The number of nitrogens with zero attached hydrogens (tertiary/aromatic N) is 1. The Morgan fingerprint density at radius 3 is 3.00 bits per heavy atom. The van der Waals surface area contributed by atoms with Crippen LogP contribution in [0.4, 0.5) is 10.8 Å². The van der Waals surface area contributed by atoms with Gasteiger partial charge >= 0.3 is 5.97 Å². The fourth-order valence-electron chi connectivity index (χ4n) is 1.45. The second kappa shape index (κ2) is 7.93. The molecule has 0 fully saturated rings. The van der Waals surface area contributed by atoms with E-state index in [9.17, 15) is 9.90 Å². The highest BCUT2D eigenvalue weighted by Crippen LogP contribution is 2.27. The van der Waals surface area contributed by atoms with Crippen molar-refractivity contribution in [2.24, 2.45) is 0 Å². The molecule has 8 heteroatoms. The number of nitrogen functional groups attached to an aromatic ring is 1. The minimum absolute atomic E-state index is 0.156. The van der Waals surface area contributed by atoms with E-state index in [0.717, 1.165) is 11.5 Å². The van der Waals surface area contributed by atoms with E-state index in [2.05, 4.69) is 9.69 Å². The SMILES string of the molecule is CCOC(=O)c1c(N)nsc1NCCC(O)COC. The van der Waals surface area contributed by atoms with Gasteiger partial charge in [0.05, 0.1) is 19.3 Å². The molecule has 0 aromatic carbocycles. The molecule has 1 atom stereocenters. The van der Waals surface area contributed by atoms with Gasteiger partial charge in [-0.1, -0.05) is 0 Å². The first kappa shape index (κ1) is 15.7. The summed E-state index contributed by atoms with van der Waals surface area (Å²) < 4.78 is 13.7. The number of anilines is 2. The Morgan fingerprint density at radius 1 is 1.63 bits per heavy atom. The number of ether oxygens (including phenoxy) is 2. The maximum Gasteiger partial charge on any atom is 0.344 e. The molecule has 0 amide bonds. The third-order valence-corrected chi connectivity index (χ3v) is 3.14. The lowest BCUT2D eigenvalue weighted by atomic mass is 10.2. The molecule has 1 aromatic heterocycles. The normalized spacial score (nSPS) is 12.2. The summed E-state index contributed by atoms with van der Waals surface area (Å²) in [5, 5.41) is 13.1. The fourth-order valence-corrected chi connectivity index (χ4v) is 2.18. The number of nitrogens with one attached hydrogen (secondary N) is 1. The van der Waals surface area contributed by atoms with Crippen LogP contribution in [-0.4, -0.2) is 48.4 Å². The lowest BCUT2D eigenvalue weighted by Gasteiger charge is -2.10. The zero-order valence-electron chi connectivity index (χ0n) is 11.0. The predicted molar refractivity (Wildman–Crippen MR) is 73.5 cm³/mol. The summed E-state index contributed by atoms with van der Waals surface area (Å²) in [5.41, 5.74) is 5.90. The quantitative estimate of drug-likeness (QED) is 0.605. The highest BCUT2D eigenvalue weighted by molar-refractivity contribution is 7.11. The predicted octanol–water partition coefficient (Wildman–Crippen LogP) is 0.711. The molecule has 7 nitrogen and oxygen atoms in total. The number of hydrogen-bond acceptors (Lipinski definition) is 8. The molecule has 0 aliphatic rings. The van der Waals surface area contributed by atoms with E-state index >= 15 is 0 Å². The third-order valence-electron chi connectivity index (χ3n) is 2.32. The second-order valence-electron chi connectivity index (χ2n) is 3.82. The van der Waals surface area contributed by atoms with Crippen LogP contribution >= 0.6 is 11.5 Å². The molecule has 1 aromatic rings. The van der Waals surface area contributed by atoms with Gasteiger partial charge < -0.3 is 25.6 Å². The van der Waals surface area contributed by atoms with Crippen molar-refractivity contribution in [1.82, 2.24) is 4.37 Å². The number of esters is 1. The van der Waals surface area contributed by atoms with Gasteiger partial charge in [-0.3, -0.25) is 0 Å². The Hall–Kier alpha value is -1.38. The number of hydrogen-bond donors (Lipinski definition) is 3. The van der Waals surface area contributed by atoms with Crippen molar-refractivity contribution in [3.05, 3.63) is 5.56 Å². The van der Waals surface area contributed by atoms with Crippen LogP contribution in [0.15, 0.2) is 0 Å². The van der Waals surface area contributed by atoms with E-state index < -0.39 is 12.1 Å². The summed E-state index contributed by atoms with van der Waals surface area (Å²) in [4.78, 5) is 11.7. The number of aliphatic hydroxyl groups is 1. The van der Waals surface area contributed by atoms with E-state index in [0.29, 0.717) is 18.0 Å². The Kier molecular flexibility index (Phi) is 6.54. The molecule has 19 heavy (non-hydrogen) atoms. The van der Waals surface area contributed by atoms with E-state index in [-0.39, 0.29) is 24.6 Å². The van der Waals surface area contributed by atoms with Gasteiger partial charge in [-0.2, -0.15) is 4.37 Å². The summed E-state index contributed by atoms with van der Waals surface area (Å²) in [6, 6.07) is 0. The van der Waals surface area contributed by atoms with Gasteiger partial charge in [0.25, 0.3) is 0 Å². The van der Waals surface area contributed by atoms with Crippen LogP contribution in [0.5, 0.6) is 0 Å². The van der Waals surface area contributed by atoms with Gasteiger partial charge in [0.15, 0.2) is 5.82 Å². The molecule has 0 aliphatic carbocycles. The summed E-state index contributed by atoms with van der Waals surface area (Å²) >= 11 is 1.10. The van der Waals surface area contributed by atoms with E-state index in [4.69, 9.17) is 15.2 Å². The van der Waals surface area contributed by atoms with Crippen LogP contribution < -0.4 is 11.1 Å². The number of methoxy groups -OCH3 is 1. The lowest BCUT2D eigenvalue weighted by Crippen LogP contribution is -2.19. The number of aromatic nitrogens is 1. The number of rotatable bonds is 8. The molecule has 0 saturated heterocycles. The van der Waals surface area contributed by atoms with E-state index in [1.165, 1.54) is 7.11 Å². The van der Waals surface area contributed by atoms with Crippen molar-refractivity contribution in [3.8, 4) is 0 Å². The summed E-state index contributed by atoms with van der Waals surface area (Å²) in [6.07, 6.45) is -0.0534. The standard InChI is InChI=1S/C11H19N3O4S/c1-3-18-11(16)8-9(12)14-19-10(8)13-5-4-7(15)6-17-2/h7,13,15H,3-6H2,1-2H3,(H2,12,14). The maximum atomic E-state index is 11.7. The Morgan fingerprint density at radius 2 is 2.37 bits per heavy atom. The molecule has 0 bridgehead atoms. The number of nitrogens with two attached hydrogens (primary N) is 1. The molecule has 0 aliphatic heterocycles. The van der Waals surface area contributed by atoms with Crippen LogP contribution in [0.1, 0.15) is 23.7 Å². The lowest BCUT2D eigenvalue weighted by molar-refractivity contribution is 0.0529. The number of carbonyl (C=O) groups excluding carboxylic acids is 1. The van der Waals surface area contributed by atoms with Crippen LogP contribution in [0.3, 0.4) is 0 Å². The van der Waals surface area contributed by atoms with E-state index in [1.807, 2.05) is 0 Å². The summed E-state index contributed by atoms with van der Waals surface area (Å²) in [5.74, 6) is -0.336. The first-order chi connectivity index (χ1) is 9.10. The first-order valence-corrected chi connectivity index (χ1v) is 6.70. The molecule has 1 unspecified atom stereocenters. The maximum absolute atomic E-state index is 11.7. The monoisotopic (exact) mass is 289 g/mol. The zero-order valence-corrected chi connectivity index (χ0v) is 11.8. The van der Waals surface area contributed by atoms with Gasteiger partial charge in [-0.25, -0.2) is 4.79 Å².